The first-order chi connectivity index (χ1) is 25.0. The summed E-state index contributed by atoms with van der Waals surface area (Å²) in [6.45, 7) is 12.6. The Morgan fingerprint density at radius 2 is 0.863 bits per heavy atom. The van der Waals surface area contributed by atoms with Gasteiger partial charge in [0, 0.05) is 19.4 Å². The lowest BCUT2D eigenvalue weighted by molar-refractivity contribution is -0.162. The number of carbonyl (C=O) groups excluding carboxylic acids is 2. The van der Waals surface area contributed by atoms with Crippen molar-refractivity contribution in [3.63, 3.8) is 0 Å². The van der Waals surface area contributed by atoms with Crippen molar-refractivity contribution in [1.29, 1.82) is 0 Å². The van der Waals surface area contributed by atoms with Crippen LogP contribution in [0.3, 0.4) is 0 Å². The normalized spacial score (nSPS) is 11.8. The highest BCUT2D eigenvalue weighted by Gasteiger charge is 2.31. The van der Waals surface area contributed by atoms with Gasteiger partial charge >= 0.3 is 11.9 Å². The third-order valence-electron chi connectivity index (χ3n) is 10.8. The Balaban J connectivity index is 4.16. The summed E-state index contributed by atoms with van der Waals surface area (Å²) < 4.78 is 11.7. The van der Waals surface area contributed by atoms with Gasteiger partial charge in [-0.25, -0.2) is 0 Å². The van der Waals surface area contributed by atoms with Crippen molar-refractivity contribution >= 4 is 11.9 Å². The molecule has 0 unspecified atom stereocenters. The number of ether oxygens (including phenoxy) is 2. The second-order valence-electron chi connectivity index (χ2n) is 15.6. The maximum Gasteiger partial charge on any atom is 0.306 e. The number of carbonyl (C=O) groups is 2. The third kappa shape index (κ3) is 33.2. The van der Waals surface area contributed by atoms with E-state index in [0.717, 1.165) is 103 Å². The van der Waals surface area contributed by atoms with Crippen molar-refractivity contribution in [2.24, 2.45) is 0 Å². The third-order valence-corrected chi connectivity index (χ3v) is 10.8. The number of hydrogen-bond acceptors (Lipinski definition) is 6. The van der Waals surface area contributed by atoms with Crippen LogP contribution in [0.5, 0.6) is 0 Å². The SMILES string of the molecule is CCCCCCCCOC(=O)CCCCCCCN(CCO)CCCCCCCC(=O)OC(CC)(CCCCCCCC)CCCCCCCC. The average Bonchev–Trinajstić information content (AvgIpc) is 3.13. The van der Waals surface area contributed by atoms with Gasteiger partial charge < -0.3 is 19.5 Å². The molecule has 0 aliphatic heterocycles. The van der Waals surface area contributed by atoms with Gasteiger partial charge in [0.05, 0.1) is 13.2 Å². The molecule has 0 aromatic heterocycles. The first-order valence-electron chi connectivity index (χ1n) is 22.7. The number of unbranched alkanes of at least 4 members (excludes halogenated alkanes) is 23. The number of hydrogen-bond donors (Lipinski definition) is 1. The minimum Gasteiger partial charge on any atom is -0.466 e. The Kier molecular flexibility index (Phi) is 37.7. The maximum absolute atomic E-state index is 13.0. The van der Waals surface area contributed by atoms with Crippen molar-refractivity contribution in [2.45, 2.75) is 245 Å². The minimum atomic E-state index is -0.260. The molecule has 0 radical (unpaired) electrons. The van der Waals surface area contributed by atoms with Crippen molar-refractivity contribution in [3.8, 4) is 0 Å². The minimum absolute atomic E-state index is 0.0198. The Bertz CT molecular complexity index is 728. The number of aliphatic hydroxyl groups is 1. The van der Waals surface area contributed by atoms with E-state index in [4.69, 9.17) is 9.47 Å². The lowest BCUT2D eigenvalue weighted by atomic mass is 9.87. The van der Waals surface area contributed by atoms with E-state index < -0.39 is 0 Å². The van der Waals surface area contributed by atoms with Crippen molar-refractivity contribution in [1.82, 2.24) is 4.90 Å². The van der Waals surface area contributed by atoms with Crippen molar-refractivity contribution in [2.75, 3.05) is 32.8 Å². The van der Waals surface area contributed by atoms with Gasteiger partial charge in [-0.3, -0.25) is 9.59 Å². The fraction of sp³-hybridized carbons (Fsp3) is 0.956. The molecule has 6 heteroatoms. The van der Waals surface area contributed by atoms with E-state index in [-0.39, 0.29) is 24.1 Å². The van der Waals surface area contributed by atoms with Crippen LogP contribution in [0.1, 0.15) is 240 Å². The molecule has 0 aromatic carbocycles. The van der Waals surface area contributed by atoms with Gasteiger partial charge in [-0.05, 0) is 77.3 Å². The fourth-order valence-electron chi connectivity index (χ4n) is 7.29. The maximum atomic E-state index is 13.0. The van der Waals surface area contributed by atoms with E-state index in [0.29, 0.717) is 19.4 Å². The summed E-state index contributed by atoms with van der Waals surface area (Å²) in [5, 5.41) is 9.56. The molecule has 1 N–H and O–H groups in total. The Hall–Kier alpha value is -1.14. The molecule has 0 aromatic rings. The largest absolute Gasteiger partial charge is 0.466 e. The molecule has 304 valence electrons. The zero-order valence-electron chi connectivity index (χ0n) is 34.9. The smallest absolute Gasteiger partial charge is 0.306 e. The first kappa shape index (κ1) is 49.9. The van der Waals surface area contributed by atoms with Crippen LogP contribution in [0.4, 0.5) is 0 Å². The summed E-state index contributed by atoms with van der Waals surface area (Å²) >= 11 is 0. The van der Waals surface area contributed by atoms with E-state index in [1.807, 2.05) is 0 Å². The van der Waals surface area contributed by atoms with Gasteiger partial charge in [-0.2, -0.15) is 0 Å². The molecule has 0 amide bonds. The van der Waals surface area contributed by atoms with Gasteiger partial charge in [-0.1, -0.05) is 163 Å². The van der Waals surface area contributed by atoms with E-state index in [9.17, 15) is 14.7 Å². The molecule has 0 spiro atoms. The predicted octanol–water partition coefficient (Wildman–Crippen LogP) is 13.1. The Morgan fingerprint density at radius 3 is 1.31 bits per heavy atom. The molecule has 0 atom stereocenters. The van der Waals surface area contributed by atoms with Crippen molar-refractivity contribution in [3.05, 3.63) is 0 Å². The Morgan fingerprint density at radius 1 is 0.471 bits per heavy atom. The molecule has 0 heterocycles. The second kappa shape index (κ2) is 38.6. The first-order valence-corrected chi connectivity index (χ1v) is 22.7. The molecule has 6 nitrogen and oxygen atoms in total. The lowest BCUT2D eigenvalue weighted by Gasteiger charge is -2.33. The van der Waals surface area contributed by atoms with Gasteiger partial charge in [-0.15, -0.1) is 0 Å². The van der Waals surface area contributed by atoms with Crippen LogP contribution in [-0.2, 0) is 19.1 Å². The molecular formula is C45H89NO5. The molecule has 0 fully saturated rings. The summed E-state index contributed by atoms with van der Waals surface area (Å²) in [6, 6.07) is 0. The molecule has 0 bridgehead atoms. The van der Waals surface area contributed by atoms with Crippen LogP contribution in [0.25, 0.3) is 0 Å². The van der Waals surface area contributed by atoms with Gasteiger partial charge in [0.15, 0.2) is 0 Å². The van der Waals surface area contributed by atoms with Crippen LogP contribution in [0.2, 0.25) is 0 Å². The molecule has 0 saturated carbocycles. The highest BCUT2D eigenvalue weighted by molar-refractivity contribution is 5.70. The van der Waals surface area contributed by atoms with E-state index in [1.54, 1.807) is 0 Å². The summed E-state index contributed by atoms with van der Waals surface area (Å²) in [5.74, 6) is -0.0138. The molecular weight excluding hydrogens is 634 g/mol. The highest BCUT2D eigenvalue weighted by Crippen LogP contribution is 2.31. The highest BCUT2D eigenvalue weighted by atomic mass is 16.6. The second-order valence-corrected chi connectivity index (χ2v) is 15.6. The monoisotopic (exact) mass is 724 g/mol. The zero-order valence-corrected chi connectivity index (χ0v) is 34.9. The fourth-order valence-corrected chi connectivity index (χ4v) is 7.29. The zero-order chi connectivity index (χ0) is 37.5. The van der Waals surface area contributed by atoms with Gasteiger partial charge in [0.2, 0.25) is 0 Å². The summed E-state index contributed by atoms with van der Waals surface area (Å²) in [5.41, 5.74) is -0.260. The number of nitrogens with zero attached hydrogens (tertiary/aromatic N) is 1. The standard InChI is InChI=1S/C45H89NO5/c1-5-9-12-15-22-29-36-45(8-4,37-30-23-16-13-10-6-2)51-44(49)35-28-21-19-25-32-39-46(40-41-47)38-31-24-18-20-27-34-43(48)50-42-33-26-17-14-11-7-3/h47H,5-42H2,1-4H3. The summed E-state index contributed by atoms with van der Waals surface area (Å²) in [7, 11) is 0. The number of esters is 2. The molecule has 0 aliphatic carbocycles. The molecule has 0 rings (SSSR count). The van der Waals surface area contributed by atoms with Gasteiger partial charge in [0.25, 0.3) is 0 Å². The average molecular weight is 724 g/mol. The van der Waals surface area contributed by atoms with Gasteiger partial charge in [0.1, 0.15) is 5.60 Å². The van der Waals surface area contributed by atoms with E-state index in [1.165, 1.54) is 116 Å². The Labute approximate surface area is 318 Å². The molecule has 51 heavy (non-hydrogen) atoms. The van der Waals surface area contributed by atoms with Crippen LogP contribution in [0, 0.1) is 0 Å². The molecule has 0 aliphatic rings. The summed E-state index contributed by atoms with van der Waals surface area (Å²) in [4.78, 5) is 27.4. The molecule has 0 saturated heterocycles. The predicted molar refractivity (Wildman–Crippen MR) is 218 cm³/mol. The topological polar surface area (TPSA) is 76.1 Å². The van der Waals surface area contributed by atoms with Crippen LogP contribution < -0.4 is 0 Å². The van der Waals surface area contributed by atoms with Crippen LogP contribution in [0.15, 0.2) is 0 Å². The quantitative estimate of drug-likeness (QED) is 0.0500. The summed E-state index contributed by atoms with van der Waals surface area (Å²) in [6.07, 6.45) is 37.6. The van der Waals surface area contributed by atoms with Crippen molar-refractivity contribution < 1.29 is 24.2 Å². The number of aliphatic hydroxyl groups excluding tert-OH is 1. The van der Waals surface area contributed by atoms with E-state index >= 15 is 0 Å². The van der Waals surface area contributed by atoms with Crippen LogP contribution in [-0.4, -0.2) is 60.4 Å². The lowest BCUT2D eigenvalue weighted by Crippen LogP contribution is -2.34. The van der Waals surface area contributed by atoms with Crippen LogP contribution >= 0.6 is 0 Å². The number of rotatable bonds is 41. The van der Waals surface area contributed by atoms with E-state index in [2.05, 4.69) is 32.6 Å².